The van der Waals surface area contributed by atoms with Crippen LogP contribution in [0.25, 0.3) is 11.4 Å². The molecule has 0 aliphatic rings. The number of carbonyl (C=O) groups is 1. The number of aromatic nitrogens is 2. The molecular weight excluding hydrogens is 433 g/mol. The minimum absolute atomic E-state index is 0.168. The van der Waals surface area contributed by atoms with Gasteiger partial charge in [-0.15, -0.1) is 0 Å². The van der Waals surface area contributed by atoms with Gasteiger partial charge in [0.15, 0.2) is 5.75 Å². The summed E-state index contributed by atoms with van der Waals surface area (Å²) in [5, 5.41) is 7.25. The first-order valence-corrected chi connectivity index (χ1v) is 10.4. The van der Waals surface area contributed by atoms with Gasteiger partial charge in [-0.3, -0.25) is 4.79 Å². The molecule has 0 aliphatic carbocycles. The van der Waals surface area contributed by atoms with E-state index in [0.717, 1.165) is 0 Å². The molecule has 0 aliphatic heterocycles. The number of rotatable bonds is 8. The van der Waals surface area contributed by atoms with Gasteiger partial charge in [0, 0.05) is 18.4 Å². The van der Waals surface area contributed by atoms with E-state index in [0.29, 0.717) is 52.3 Å². The Balaban J connectivity index is 1.31. The molecular formula is C24H19ClFN3O3. The van der Waals surface area contributed by atoms with Gasteiger partial charge in [0.1, 0.15) is 11.6 Å². The molecule has 4 aromatic rings. The Morgan fingerprint density at radius 3 is 2.50 bits per heavy atom. The minimum Gasteiger partial charge on any atom is -0.454 e. The molecule has 0 saturated heterocycles. The third-order valence-electron chi connectivity index (χ3n) is 4.58. The van der Waals surface area contributed by atoms with Crippen molar-refractivity contribution in [2.45, 2.75) is 19.3 Å². The molecule has 0 fully saturated rings. The van der Waals surface area contributed by atoms with Crippen LogP contribution in [-0.2, 0) is 11.2 Å². The monoisotopic (exact) mass is 451 g/mol. The maximum Gasteiger partial charge on any atom is 0.226 e. The summed E-state index contributed by atoms with van der Waals surface area (Å²) in [7, 11) is 0. The van der Waals surface area contributed by atoms with Crippen LogP contribution in [0.4, 0.5) is 10.1 Å². The van der Waals surface area contributed by atoms with Gasteiger partial charge in [-0.25, -0.2) is 4.39 Å². The highest BCUT2D eigenvalue weighted by molar-refractivity contribution is 6.32. The maximum absolute atomic E-state index is 13.0. The van der Waals surface area contributed by atoms with E-state index in [1.165, 1.54) is 12.1 Å². The number of amides is 1. The molecule has 4 rings (SSSR count). The SMILES string of the molecule is O=C(CCCc1nc(-c2ccc(F)cc2)no1)Nc1ccccc1Oc1ccccc1Cl. The number of halogens is 2. The Morgan fingerprint density at radius 1 is 1.00 bits per heavy atom. The number of anilines is 1. The molecule has 1 heterocycles. The lowest BCUT2D eigenvalue weighted by Gasteiger charge is -2.13. The molecule has 6 nitrogen and oxygen atoms in total. The number of para-hydroxylation sites is 3. The molecule has 1 aromatic heterocycles. The second-order valence-electron chi connectivity index (χ2n) is 6.95. The molecule has 0 radical (unpaired) electrons. The van der Waals surface area contributed by atoms with Crippen molar-refractivity contribution in [3.8, 4) is 22.9 Å². The quantitative estimate of drug-likeness (QED) is 0.341. The first-order chi connectivity index (χ1) is 15.6. The average Bonchev–Trinajstić information content (AvgIpc) is 3.26. The smallest absolute Gasteiger partial charge is 0.226 e. The fourth-order valence-electron chi connectivity index (χ4n) is 2.99. The summed E-state index contributed by atoms with van der Waals surface area (Å²) in [6, 6.07) is 20.1. The van der Waals surface area contributed by atoms with Gasteiger partial charge in [0.05, 0.1) is 10.7 Å². The van der Waals surface area contributed by atoms with Crippen molar-refractivity contribution < 1.29 is 18.4 Å². The predicted octanol–water partition coefficient (Wildman–Crippen LogP) is 6.28. The number of ether oxygens (including phenoxy) is 1. The van der Waals surface area contributed by atoms with Crippen molar-refractivity contribution in [3.05, 3.63) is 89.5 Å². The second kappa shape index (κ2) is 10.1. The summed E-state index contributed by atoms with van der Waals surface area (Å²) < 4.78 is 24.1. The number of aryl methyl sites for hydroxylation is 1. The highest BCUT2D eigenvalue weighted by Gasteiger charge is 2.12. The van der Waals surface area contributed by atoms with Crippen LogP contribution >= 0.6 is 11.6 Å². The van der Waals surface area contributed by atoms with Crippen molar-refractivity contribution in [2.24, 2.45) is 0 Å². The summed E-state index contributed by atoms with van der Waals surface area (Å²) in [6.45, 7) is 0. The standard InChI is InChI=1S/C24H19ClFN3O3/c25-18-6-1-3-8-20(18)31-21-9-4-2-7-19(21)27-22(30)10-5-11-23-28-24(29-32-23)16-12-14-17(26)15-13-16/h1-4,6-9,12-15H,5,10-11H2,(H,27,30). The molecule has 162 valence electrons. The van der Waals surface area contributed by atoms with E-state index in [1.807, 2.05) is 24.3 Å². The Bertz CT molecular complexity index is 1210. The Hall–Kier alpha value is -3.71. The number of nitrogens with zero attached hydrogens (tertiary/aromatic N) is 2. The summed E-state index contributed by atoms with van der Waals surface area (Å²) in [5.74, 6) is 1.30. The molecule has 0 saturated carbocycles. The summed E-state index contributed by atoms with van der Waals surface area (Å²) in [5.41, 5.74) is 1.21. The zero-order valence-corrected chi connectivity index (χ0v) is 17.7. The second-order valence-corrected chi connectivity index (χ2v) is 7.36. The number of hydrogen-bond acceptors (Lipinski definition) is 5. The summed E-state index contributed by atoms with van der Waals surface area (Å²) in [4.78, 5) is 16.7. The lowest BCUT2D eigenvalue weighted by molar-refractivity contribution is -0.116. The number of hydrogen-bond donors (Lipinski definition) is 1. The minimum atomic E-state index is -0.331. The van der Waals surface area contributed by atoms with Gasteiger partial charge in [-0.05, 0) is 55.0 Å². The van der Waals surface area contributed by atoms with Crippen molar-refractivity contribution in [2.75, 3.05) is 5.32 Å². The van der Waals surface area contributed by atoms with E-state index >= 15 is 0 Å². The fourth-order valence-corrected chi connectivity index (χ4v) is 3.16. The first kappa shape index (κ1) is 21.5. The molecule has 8 heteroatoms. The molecule has 0 bridgehead atoms. The van der Waals surface area contributed by atoms with Crippen LogP contribution in [0, 0.1) is 5.82 Å². The van der Waals surface area contributed by atoms with Crippen LogP contribution in [-0.4, -0.2) is 16.0 Å². The Labute approximate surface area is 189 Å². The van der Waals surface area contributed by atoms with Crippen molar-refractivity contribution in [1.29, 1.82) is 0 Å². The van der Waals surface area contributed by atoms with Gasteiger partial charge in [0.2, 0.25) is 17.6 Å². The van der Waals surface area contributed by atoms with E-state index in [4.69, 9.17) is 20.9 Å². The highest BCUT2D eigenvalue weighted by Crippen LogP contribution is 2.33. The molecule has 0 atom stereocenters. The lowest BCUT2D eigenvalue weighted by atomic mass is 10.2. The zero-order chi connectivity index (χ0) is 22.3. The maximum atomic E-state index is 13.0. The third kappa shape index (κ3) is 5.50. The molecule has 1 amide bonds. The van der Waals surface area contributed by atoms with Gasteiger partial charge >= 0.3 is 0 Å². The van der Waals surface area contributed by atoms with Crippen LogP contribution < -0.4 is 10.1 Å². The normalized spacial score (nSPS) is 10.7. The van der Waals surface area contributed by atoms with Crippen LogP contribution in [0.15, 0.2) is 77.3 Å². The average molecular weight is 452 g/mol. The number of benzene rings is 3. The van der Waals surface area contributed by atoms with Crippen LogP contribution in [0.2, 0.25) is 5.02 Å². The van der Waals surface area contributed by atoms with Crippen LogP contribution in [0.5, 0.6) is 11.5 Å². The molecule has 0 unspecified atom stereocenters. The van der Waals surface area contributed by atoms with Gasteiger partial charge < -0.3 is 14.6 Å². The van der Waals surface area contributed by atoms with Crippen molar-refractivity contribution >= 4 is 23.2 Å². The number of nitrogens with one attached hydrogen (secondary N) is 1. The van der Waals surface area contributed by atoms with Crippen LogP contribution in [0.1, 0.15) is 18.7 Å². The topological polar surface area (TPSA) is 77.2 Å². The molecule has 1 N–H and O–H groups in total. The Kier molecular flexibility index (Phi) is 6.77. The van der Waals surface area contributed by atoms with Gasteiger partial charge in [0.25, 0.3) is 0 Å². The van der Waals surface area contributed by atoms with Gasteiger partial charge in [-0.2, -0.15) is 4.98 Å². The van der Waals surface area contributed by atoms with E-state index in [-0.39, 0.29) is 18.1 Å². The fraction of sp³-hybridized carbons (Fsp3) is 0.125. The third-order valence-corrected chi connectivity index (χ3v) is 4.89. The number of carbonyl (C=O) groups excluding carboxylic acids is 1. The van der Waals surface area contributed by atoms with Crippen molar-refractivity contribution in [1.82, 2.24) is 10.1 Å². The van der Waals surface area contributed by atoms with Crippen LogP contribution in [0.3, 0.4) is 0 Å². The van der Waals surface area contributed by atoms with E-state index in [1.54, 1.807) is 36.4 Å². The summed E-state index contributed by atoms with van der Waals surface area (Å²) >= 11 is 6.16. The van der Waals surface area contributed by atoms with E-state index < -0.39 is 0 Å². The van der Waals surface area contributed by atoms with E-state index in [9.17, 15) is 9.18 Å². The first-order valence-electron chi connectivity index (χ1n) is 9.98. The Morgan fingerprint density at radius 2 is 1.72 bits per heavy atom. The molecule has 0 spiro atoms. The lowest BCUT2D eigenvalue weighted by Crippen LogP contribution is -2.12. The predicted molar refractivity (Wildman–Crippen MR) is 119 cm³/mol. The van der Waals surface area contributed by atoms with Crippen molar-refractivity contribution in [3.63, 3.8) is 0 Å². The highest BCUT2D eigenvalue weighted by atomic mass is 35.5. The summed E-state index contributed by atoms with van der Waals surface area (Å²) in [6.07, 6.45) is 1.22. The molecule has 32 heavy (non-hydrogen) atoms. The zero-order valence-electron chi connectivity index (χ0n) is 16.9. The van der Waals surface area contributed by atoms with E-state index in [2.05, 4.69) is 15.5 Å². The molecule has 3 aromatic carbocycles. The largest absolute Gasteiger partial charge is 0.454 e. The van der Waals surface area contributed by atoms with Gasteiger partial charge in [-0.1, -0.05) is 41.0 Å².